The summed E-state index contributed by atoms with van der Waals surface area (Å²) >= 11 is 0. The molecule has 22 heavy (non-hydrogen) atoms. The quantitative estimate of drug-likeness (QED) is 0.858. The first-order valence-corrected chi connectivity index (χ1v) is 8.08. The molecule has 2 N–H and O–H groups in total. The van der Waals surface area contributed by atoms with Crippen molar-refractivity contribution in [2.45, 2.75) is 51.7 Å². The molecule has 0 radical (unpaired) electrons. The second kappa shape index (κ2) is 6.48. The molecule has 1 saturated heterocycles. The summed E-state index contributed by atoms with van der Waals surface area (Å²) < 4.78 is 2.26. The van der Waals surface area contributed by atoms with Crippen molar-refractivity contribution in [3.63, 3.8) is 0 Å². The maximum absolute atomic E-state index is 11.2. The highest BCUT2D eigenvalue weighted by Gasteiger charge is 2.22. The minimum Gasteiger partial charge on any atom is -0.353 e. The molecule has 1 aliphatic heterocycles. The van der Waals surface area contributed by atoms with Gasteiger partial charge in [-0.3, -0.25) is 4.79 Å². The van der Waals surface area contributed by atoms with Crippen LogP contribution in [0.1, 0.15) is 32.0 Å². The lowest BCUT2D eigenvalue weighted by atomic mass is 10.1. The molecular formula is C17H24N4O. The molecule has 0 unspecified atom stereocenters. The van der Waals surface area contributed by atoms with Crippen LogP contribution in [0, 0.1) is 6.92 Å². The Hall–Kier alpha value is -1.88. The number of imidazole rings is 1. The van der Waals surface area contributed by atoms with Crippen molar-refractivity contribution in [3.05, 3.63) is 30.1 Å². The van der Waals surface area contributed by atoms with Crippen molar-refractivity contribution >= 4 is 16.9 Å². The first kappa shape index (κ1) is 15.0. The zero-order chi connectivity index (χ0) is 15.5. The van der Waals surface area contributed by atoms with E-state index < -0.39 is 0 Å². The molecule has 3 rings (SSSR count). The standard InChI is InChI=1S/C17H24N4O/c1-12(11-14-7-8-17(22)20-14)18-9-10-21-13(2)19-15-5-3-4-6-16(15)21/h3-6,12,14,18H,7-11H2,1-2H3,(H,20,22)/t12-,14+/m1/s1. The van der Waals surface area contributed by atoms with Gasteiger partial charge in [-0.2, -0.15) is 0 Å². The first-order chi connectivity index (χ1) is 10.6. The van der Waals surface area contributed by atoms with Gasteiger partial charge >= 0.3 is 0 Å². The number of carbonyl (C=O) groups excluding carboxylic acids is 1. The summed E-state index contributed by atoms with van der Waals surface area (Å²) in [6, 6.07) is 8.99. The molecule has 2 heterocycles. The topological polar surface area (TPSA) is 59.0 Å². The molecule has 5 heteroatoms. The molecule has 0 spiro atoms. The summed E-state index contributed by atoms with van der Waals surface area (Å²) in [5, 5.41) is 6.58. The summed E-state index contributed by atoms with van der Waals surface area (Å²) in [4.78, 5) is 15.8. The van der Waals surface area contributed by atoms with Gasteiger partial charge in [0, 0.05) is 31.6 Å². The number of hydrogen-bond donors (Lipinski definition) is 2. The predicted octanol–water partition coefficient (Wildman–Crippen LogP) is 1.99. The summed E-state index contributed by atoms with van der Waals surface area (Å²) in [6.07, 6.45) is 2.64. The SMILES string of the molecule is Cc1nc2ccccc2n1CCN[C@H](C)C[C@@H]1CCC(=O)N1. The van der Waals surface area contributed by atoms with Crippen LogP contribution in [0.4, 0.5) is 0 Å². The van der Waals surface area contributed by atoms with Crippen LogP contribution in [0.15, 0.2) is 24.3 Å². The van der Waals surface area contributed by atoms with Crippen molar-refractivity contribution in [1.82, 2.24) is 20.2 Å². The van der Waals surface area contributed by atoms with Crippen LogP contribution in [-0.2, 0) is 11.3 Å². The molecule has 118 valence electrons. The lowest BCUT2D eigenvalue weighted by Crippen LogP contribution is -2.36. The van der Waals surface area contributed by atoms with Gasteiger partial charge in [-0.05, 0) is 38.8 Å². The lowest BCUT2D eigenvalue weighted by Gasteiger charge is -2.18. The number of nitrogens with zero attached hydrogens (tertiary/aromatic N) is 2. The molecule has 1 fully saturated rings. The fourth-order valence-corrected chi connectivity index (χ4v) is 3.27. The number of benzene rings is 1. The van der Waals surface area contributed by atoms with Gasteiger partial charge in [0.25, 0.3) is 0 Å². The third-order valence-corrected chi connectivity index (χ3v) is 4.40. The Morgan fingerprint density at radius 3 is 3.05 bits per heavy atom. The Morgan fingerprint density at radius 2 is 2.27 bits per heavy atom. The van der Waals surface area contributed by atoms with Gasteiger partial charge in [0.2, 0.25) is 5.91 Å². The Bertz CT molecular complexity index is 664. The summed E-state index contributed by atoms with van der Waals surface area (Å²) in [6.45, 7) is 6.05. The van der Waals surface area contributed by atoms with Gasteiger partial charge in [0.05, 0.1) is 11.0 Å². The number of aryl methyl sites for hydroxylation is 1. The Morgan fingerprint density at radius 1 is 1.45 bits per heavy atom. The maximum Gasteiger partial charge on any atom is 0.220 e. The van der Waals surface area contributed by atoms with E-state index in [4.69, 9.17) is 0 Å². The largest absolute Gasteiger partial charge is 0.353 e. The predicted molar refractivity (Wildman–Crippen MR) is 87.7 cm³/mol. The Kier molecular flexibility index (Phi) is 4.43. The van der Waals surface area contributed by atoms with Crippen LogP contribution < -0.4 is 10.6 Å². The van der Waals surface area contributed by atoms with Crippen LogP contribution in [0.2, 0.25) is 0 Å². The number of fused-ring (bicyclic) bond motifs is 1. The van der Waals surface area contributed by atoms with E-state index in [1.807, 2.05) is 6.07 Å². The number of amides is 1. The van der Waals surface area contributed by atoms with Crippen LogP contribution >= 0.6 is 0 Å². The molecule has 1 amide bonds. The fourth-order valence-electron chi connectivity index (χ4n) is 3.27. The highest BCUT2D eigenvalue weighted by Crippen LogP contribution is 2.15. The van der Waals surface area contributed by atoms with E-state index in [0.29, 0.717) is 18.5 Å². The number of carbonyl (C=O) groups is 1. The number of para-hydroxylation sites is 2. The van der Waals surface area contributed by atoms with E-state index >= 15 is 0 Å². The minimum atomic E-state index is 0.192. The van der Waals surface area contributed by atoms with E-state index in [2.05, 4.69) is 52.2 Å². The molecule has 5 nitrogen and oxygen atoms in total. The zero-order valence-corrected chi connectivity index (χ0v) is 13.3. The Labute approximate surface area is 131 Å². The highest BCUT2D eigenvalue weighted by molar-refractivity contribution is 5.78. The number of rotatable bonds is 6. The average molecular weight is 300 g/mol. The molecule has 0 bridgehead atoms. The molecule has 2 atom stereocenters. The van der Waals surface area contributed by atoms with Gasteiger partial charge in [-0.25, -0.2) is 4.98 Å². The molecule has 2 aromatic rings. The number of aromatic nitrogens is 2. The van der Waals surface area contributed by atoms with Gasteiger partial charge < -0.3 is 15.2 Å². The van der Waals surface area contributed by atoms with Crippen LogP contribution in [-0.4, -0.2) is 34.1 Å². The number of hydrogen-bond acceptors (Lipinski definition) is 3. The third-order valence-electron chi connectivity index (χ3n) is 4.40. The van der Waals surface area contributed by atoms with E-state index in [1.165, 1.54) is 5.52 Å². The van der Waals surface area contributed by atoms with E-state index in [-0.39, 0.29) is 5.91 Å². The molecule has 1 aliphatic rings. The monoisotopic (exact) mass is 300 g/mol. The van der Waals surface area contributed by atoms with E-state index in [0.717, 1.165) is 37.3 Å². The van der Waals surface area contributed by atoms with Gasteiger partial charge in [0.1, 0.15) is 5.82 Å². The normalized spacial score (nSPS) is 19.5. The molecule has 0 aliphatic carbocycles. The second-order valence-corrected chi connectivity index (χ2v) is 6.19. The van der Waals surface area contributed by atoms with Crippen LogP contribution in [0.25, 0.3) is 11.0 Å². The highest BCUT2D eigenvalue weighted by atomic mass is 16.1. The number of nitrogens with one attached hydrogen (secondary N) is 2. The van der Waals surface area contributed by atoms with Crippen LogP contribution in [0.3, 0.4) is 0 Å². The molecule has 1 aromatic heterocycles. The summed E-state index contributed by atoms with van der Waals surface area (Å²) in [5.41, 5.74) is 2.25. The van der Waals surface area contributed by atoms with Crippen molar-refractivity contribution < 1.29 is 4.79 Å². The molecule has 0 saturated carbocycles. The average Bonchev–Trinajstić information content (AvgIpc) is 3.03. The van der Waals surface area contributed by atoms with Crippen molar-refractivity contribution in [1.29, 1.82) is 0 Å². The van der Waals surface area contributed by atoms with E-state index in [9.17, 15) is 4.79 Å². The first-order valence-electron chi connectivity index (χ1n) is 8.08. The summed E-state index contributed by atoms with van der Waals surface area (Å²) in [5.74, 6) is 1.25. The van der Waals surface area contributed by atoms with Crippen molar-refractivity contribution in [2.24, 2.45) is 0 Å². The van der Waals surface area contributed by atoms with Crippen LogP contribution in [0.5, 0.6) is 0 Å². The minimum absolute atomic E-state index is 0.192. The van der Waals surface area contributed by atoms with Crippen molar-refractivity contribution in [2.75, 3.05) is 6.54 Å². The Balaban J connectivity index is 1.51. The maximum atomic E-state index is 11.2. The molecule has 1 aromatic carbocycles. The fraction of sp³-hybridized carbons (Fsp3) is 0.529. The second-order valence-electron chi connectivity index (χ2n) is 6.19. The summed E-state index contributed by atoms with van der Waals surface area (Å²) in [7, 11) is 0. The van der Waals surface area contributed by atoms with Gasteiger partial charge in [0.15, 0.2) is 0 Å². The zero-order valence-electron chi connectivity index (χ0n) is 13.3. The third kappa shape index (κ3) is 3.30. The van der Waals surface area contributed by atoms with Gasteiger partial charge in [-0.15, -0.1) is 0 Å². The van der Waals surface area contributed by atoms with E-state index in [1.54, 1.807) is 0 Å². The van der Waals surface area contributed by atoms with Crippen molar-refractivity contribution in [3.8, 4) is 0 Å². The smallest absolute Gasteiger partial charge is 0.220 e. The lowest BCUT2D eigenvalue weighted by molar-refractivity contribution is -0.119. The molecular weight excluding hydrogens is 276 g/mol. The van der Waals surface area contributed by atoms with Gasteiger partial charge in [-0.1, -0.05) is 12.1 Å².